The molecule has 2 rings (SSSR count). The van der Waals surface area contributed by atoms with Crippen LogP contribution >= 0.6 is 24.0 Å². The van der Waals surface area contributed by atoms with Gasteiger partial charge in [0.1, 0.15) is 5.60 Å². The zero-order valence-corrected chi connectivity index (χ0v) is 20.6. The third kappa shape index (κ3) is 8.80. The molecule has 1 fully saturated rings. The molecule has 2 amide bonds. The van der Waals surface area contributed by atoms with Crippen LogP contribution in [-0.2, 0) is 4.74 Å². The van der Waals surface area contributed by atoms with Gasteiger partial charge in [-0.15, -0.1) is 24.0 Å². The molecule has 0 bridgehead atoms. The number of nitrogens with one attached hydrogen (secondary N) is 2. The maximum atomic E-state index is 12.4. The minimum atomic E-state index is -0.499. The Morgan fingerprint density at radius 3 is 2.40 bits per heavy atom. The van der Waals surface area contributed by atoms with Crippen LogP contribution in [0.25, 0.3) is 0 Å². The van der Waals surface area contributed by atoms with Gasteiger partial charge < -0.3 is 29.6 Å². The number of hydrogen-bond acceptors (Lipinski definition) is 5. The summed E-state index contributed by atoms with van der Waals surface area (Å²) in [5.41, 5.74) is -0.499. The van der Waals surface area contributed by atoms with Crippen molar-refractivity contribution in [2.45, 2.75) is 39.7 Å². The van der Waals surface area contributed by atoms with Crippen LogP contribution in [0.15, 0.2) is 27.8 Å². The van der Waals surface area contributed by atoms with Gasteiger partial charge in [-0.05, 0) is 46.2 Å². The Kier molecular flexibility index (Phi) is 11.0. The highest BCUT2D eigenvalue weighted by molar-refractivity contribution is 14.0. The number of aliphatic imine (C=N–C) groups is 1. The molecule has 0 aliphatic carbocycles. The second-order valence-electron chi connectivity index (χ2n) is 7.77. The minimum Gasteiger partial charge on any atom is -0.459 e. The van der Waals surface area contributed by atoms with Crippen molar-refractivity contribution in [2.75, 3.05) is 45.8 Å². The summed E-state index contributed by atoms with van der Waals surface area (Å²) in [5.74, 6) is 1.12. The fraction of sp³-hybridized carbons (Fsp3) is 0.650. The molecule has 1 aromatic rings. The van der Waals surface area contributed by atoms with Gasteiger partial charge in [-0.1, -0.05) is 0 Å². The number of nitrogens with zero attached hydrogens (tertiary/aromatic N) is 3. The first-order chi connectivity index (χ1) is 13.8. The molecule has 2 heterocycles. The van der Waals surface area contributed by atoms with Gasteiger partial charge in [0.05, 0.1) is 6.26 Å². The Labute approximate surface area is 195 Å². The molecule has 30 heavy (non-hydrogen) atoms. The summed E-state index contributed by atoms with van der Waals surface area (Å²) in [6.07, 6.45) is 1.81. The number of guanidine groups is 1. The Hall–Kier alpha value is -1.98. The molecule has 0 aromatic carbocycles. The van der Waals surface area contributed by atoms with Gasteiger partial charge in [0.2, 0.25) is 0 Å². The largest absolute Gasteiger partial charge is 0.459 e. The summed E-state index contributed by atoms with van der Waals surface area (Å²) in [6.45, 7) is 12.0. The number of furan rings is 1. The van der Waals surface area contributed by atoms with Crippen LogP contribution in [0.3, 0.4) is 0 Å². The third-order valence-corrected chi connectivity index (χ3v) is 4.20. The van der Waals surface area contributed by atoms with Crippen LogP contribution in [0.1, 0.15) is 44.7 Å². The molecular formula is C20H34IN5O4. The highest BCUT2D eigenvalue weighted by Gasteiger charge is 2.25. The Balaban J connectivity index is 0.00000450. The summed E-state index contributed by atoms with van der Waals surface area (Å²) in [7, 11) is 0. The fourth-order valence-corrected chi connectivity index (χ4v) is 2.87. The van der Waals surface area contributed by atoms with Crippen LogP contribution in [-0.4, -0.2) is 79.2 Å². The summed E-state index contributed by atoms with van der Waals surface area (Å²) in [5, 5.41) is 6.04. The van der Waals surface area contributed by atoms with E-state index in [4.69, 9.17) is 9.15 Å². The van der Waals surface area contributed by atoms with Crippen LogP contribution in [0.5, 0.6) is 0 Å². The summed E-state index contributed by atoms with van der Waals surface area (Å²) >= 11 is 0. The van der Waals surface area contributed by atoms with Gasteiger partial charge in [0, 0.05) is 45.8 Å². The molecule has 1 saturated heterocycles. The van der Waals surface area contributed by atoms with E-state index in [1.807, 2.05) is 27.7 Å². The Bertz CT molecular complexity index is 680. The van der Waals surface area contributed by atoms with Gasteiger partial charge in [-0.3, -0.25) is 9.79 Å². The molecule has 9 nitrogen and oxygen atoms in total. The van der Waals surface area contributed by atoms with E-state index in [1.165, 1.54) is 6.26 Å². The van der Waals surface area contributed by atoms with Gasteiger partial charge >= 0.3 is 6.09 Å². The van der Waals surface area contributed by atoms with Crippen LogP contribution < -0.4 is 10.6 Å². The third-order valence-electron chi connectivity index (χ3n) is 4.20. The van der Waals surface area contributed by atoms with E-state index < -0.39 is 11.7 Å². The average molecular weight is 535 g/mol. The second-order valence-corrected chi connectivity index (χ2v) is 7.77. The molecular weight excluding hydrogens is 501 g/mol. The van der Waals surface area contributed by atoms with Crippen molar-refractivity contribution in [1.82, 2.24) is 20.4 Å². The van der Waals surface area contributed by atoms with Gasteiger partial charge in [0.15, 0.2) is 11.7 Å². The van der Waals surface area contributed by atoms with E-state index in [2.05, 4.69) is 20.5 Å². The molecule has 0 atom stereocenters. The van der Waals surface area contributed by atoms with Crippen LogP contribution in [0.2, 0.25) is 0 Å². The summed E-state index contributed by atoms with van der Waals surface area (Å²) < 4.78 is 10.4. The van der Waals surface area contributed by atoms with Crippen molar-refractivity contribution in [3.05, 3.63) is 24.2 Å². The Morgan fingerprint density at radius 2 is 1.83 bits per heavy atom. The second kappa shape index (κ2) is 12.7. The van der Waals surface area contributed by atoms with Gasteiger partial charge in [-0.25, -0.2) is 4.79 Å². The number of hydrogen-bond donors (Lipinski definition) is 2. The van der Waals surface area contributed by atoms with Gasteiger partial charge in [-0.2, -0.15) is 0 Å². The van der Waals surface area contributed by atoms with E-state index in [1.54, 1.807) is 17.0 Å². The Morgan fingerprint density at radius 1 is 1.17 bits per heavy atom. The van der Waals surface area contributed by atoms with E-state index in [0.717, 1.165) is 12.5 Å². The standard InChI is InChI=1S/C20H33N5O4.HI/c1-5-21-18(22-9-7-10-23-19(27)29-20(2,3)4)25-13-11-24(12-14-25)17(26)16-8-6-15-28-16;/h6,8,15H,5,7,9-14H2,1-4H3,(H,21,22)(H,23,27);1H. The van der Waals surface area contributed by atoms with E-state index >= 15 is 0 Å². The number of rotatable bonds is 6. The molecule has 1 aromatic heterocycles. The molecule has 0 radical (unpaired) electrons. The number of halogens is 1. The number of amides is 2. The van der Waals surface area contributed by atoms with E-state index in [-0.39, 0.29) is 29.9 Å². The topological polar surface area (TPSA) is 99.4 Å². The number of alkyl carbamates (subject to hydrolysis) is 1. The lowest BCUT2D eigenvalue weighted by Crippen LogP contribution is -2.53. The lowest BCUT2D eigenvalue weighted by molar-refractivity contribution is 0.0527. The molecule has 0 spiro atoms. The predicted octanol–water partition coefficient (Wildman–Crippen LogP) is 2.54. The molecule has 1 aliphatic heterocycles. The van der Waals surface area contributed by atoms with Crippen molar-refractivity contribution in [3.63, 3.8) is 0 Å². The molecule has 170 valence electrons. The van der Waals surface area contributed by atoms with Gasteiger partial charge in [0.25, 0.3) is 5.91 Å². The zero-order valence-electron chi connectivity index (χ0n) is 18.3. The number of carbonyl (C=O) groups is 2. The first-order valence-corrected chi connectivity index (χ1v) is 10.1. The highest BCUT2D eigenvalue weighted by atomic mass is 127. The normalized spacial score (nSPS) is 14.7. The molecule has 1 aliphatic rings. The first-order valence-electron chi connectivity index (χ1n) is 10.1. The minimum absolute atomic E-state index is 0. The predicted molar refractivity (Wildman–Crippen MR) is 126 cm³/mol. The number of piperazine rings is 1. The smallest absolute Gasteiger partial charge is 0.407 e. The maximum Gasteiger partial charge on any atom is 0.407 e. The van der Waals surface area contributed by atoms with Crippen molar-refractivity contribution >= 4 is 41.9 Å². The average Bonchev–Trinajstić information content (AvgIpc) is 3.20. The van der Waals surface area contributed by atoms with Crippen LogP contribution in [0, 0.1) is 0 Å². The number of carbonyl (C=O) groups excluding carboxylic acids is 2. The quantitative estimate of drug-likeness (QED) is 0.252. The van der Waals surface area contributed by atoms with Crippen molar-refractivity contribution in [1.29, 1.82) is 0 Å². The maximum absolute atomic E-state index is 12.4. The molecule has 0 unspecified atom stereocenters. The summed E-state index contributed by atoms with van der Waals surface area (Å²) in [4.78, 5) is 32.6. The monoisotopic (exact) mass is 535 g/mol. The van der Waals surface area contributed by atoms with Crippen molar-refractivity contribution in [2.24, 2.45) is 4.99 Å². The van der Waals surface area contributed by atoms with E-state index in [9.17, 15) is 9.59 Å². The molecule has 10 heteroatoms. The van der Waals surface area contributed by atoms with Crippen molar-refractivity contribution in [3.8, 4) is 0 Å². The SMILES string of the molecule is CCNC(=NCCCNC(=O)OC(C)(C)C)N1CCN(C(=O)c2ccco2)CC1.I. The lowest BCUT2D eigenvalue weighted by atomic mass is 10.2. The molecule has 0 saturated carbocycles. The van der Waals surface area contributed by atoms with E-state index in [0.29, 0.717) is 51.4 Å². The first kappa shape index (κ1) is 26.1. The fourth-order valence-electron chi connectivity index (χ4n) is 2.87. The van der Waals surface area contributed by atoms with Crippen LogP contribution in [0.4, 0.5) is 4.79 Å². The lowest BCUT2D eigenvalue weighted by Gasteiger charge is -2.36. The number of ether oxygens (including phenoxy) is 1. The zero-order chi connectivity index (χ0) is 21.3. The summed E-state index contributed by atoms with van der Waals surface area (Å²) in [6, 6.07) is 3.41. The van der Waals surface area contributed by atoms with Crippen molar-refractivity contribution < 1.29 is 18.7 Å². The highest BCUT2D eigenvalue weighted by Crippen LogP contribution is 2.10. The molecule has 2 N–H and O–H groups in total.